The molecule has 0 bridgehead atoms. The zero-order valence-corrected chi connectivity index (χ0v) is 13.1. The Labute approximate surface area is 130 Å². The van der Waals surface area contributed by atoms with E-state index >= 15 is 0 Å². The van der Waals surface area contributed by atoms with E-state index < -0.39 is 0 Å². The maximum absolute atomic E-state index is 12.1. The molecule has 0 unspecified atom stereocenters. The van der Waals surface area contributed by atoms with Crippen LogP contribution in [-0.2, 0) is 11.2 Å². The topological polar surface area (TPSA) is 65.1 Å². The number of amides is 1. The van der Waals surface area contributed by atoms with E-state index in [4.69, 9.17) is 0 Å². The summed E-state index contributed by atoms with van der Waals surface area (Å²) in [4.78, 5) is 15.4. The Morgan fingerprint density at radius 1 is 1.32 bits per heavy atom. The summed E-state index contributed by atoms with van der Waals surface area (Å²) in [7, 11) is 0. The summed E-state index contributed by atoms with van der Waals surface area (Å²) < 4.78 is 0. The lowest BCUT2D eigenvalue weighted by molar-refractivity contribution is -0.122. The van der Waals surface area contributed by atoms with Crippen molar-refractivity contribution in [2.24, 2.45) is 0 Å². The van der Waals surface area contributed by atoms with Crippen LogP contribution in [0.15, 0.2) is 24.4 Å². The van der Waals surface area contributed by atoms with Gasteiger partial charge in [0, 0.05) is 29.6 Å². The monoisotopic (exact) mass is 300 g/mol. The minimum Gasteiger partial charge on any atom is -0.393 e. The highest BCUT2D eigenvalue weighted by atomic mass is 16.3. The van der Waals surface area contributed by atoms with E-state index in [9.17, 15) is 9.90 Å². The summed E-state index contributed by atoms with van der Waals surface area (Å²) in [5.74, 6) is 0.114. The van der Waals surface area contributed by atoms with Crippen LogP contribution in [0.25, 0.3) is 10.9 Å². The number of hydrogen-bond donors (Lipinski definition) is 3. The molecule has 0 atom stereocenters. The molecule has 0 saturated heterocycles. The number of aryl methyl sites for hydroxylation is 2. The van der Waals surface area contributed by atoms with E-state index in [-0.39, 0.29) is 18.1 Å². The molecule has 0 radical (unpaired) electrons. The van der Waals surface area contributed by atoms with Crippen molar-refractivity contribution >= 4 is 16.8 Å². The van der Waals surface area contributed by atoms with Gasteiger partial charge in [-0.15, -0.1) is 0 Å². The highest BCUT2D eigenvalue weighted by Crippen LogP contribution is 2.21. The standard InChI is InChI=1S/C18H24N2O2/c1-12-2-8-17-16(10-12)13(11-19-17)3-9-18(22)20-14-4-6-15(21)7-5-14/h2,8,10-11,14-15,19,21H,3-7,9H2,1H3,(H,20,22). The summed E-state index contributed by atoms with van der Waals surface area (Å²) in [6.07, 6.45) is 6.47. The van der Waals surface area contributed by atoms with E-state index in [1.165, 1.54) is 16.5 Å². The number of benzene rings is 1. The first-order chi connectivity index (χ1) is 10.6. The molecule has 4 heteroatoms. The summed E-state index contributed by atoms with van der Waals surface area (Å²) >= 11 is 0. The first kappa shape index (κ1) is 15.1. The maximum Gasteiger partial charge on any atom is 0.220 e. The zero-order valence-electron chi connectivity index (χ0n) is 13.1. The van der Waals surface area contributed by atoms with Gasteiger partial charge < -0.3 is 15.4 Å². The summed E-state index contributed by atoms with van der Waals surface area (Å²) in [5, 5.41) is 13.8. The van der Waals surface area contributed by atoms with Crippen molar-refractivity contribution in [2.75, 3.05) is 0 Å². The van der Waals surface area contributed by atoms with Gasteiger partial charge in [-0.3, -0.25) is 4.79 Å². The molecule has 1 aromatic carbocycles. The minimum atomic E-state index is -0.178. The average Bonchev–Trinajstić information content (AvgIpc) is 2.90. The molecule has 1 aliphatic rings. The van der Waals surface area contributed by atoms with Gasteiger partial charge in [0.05, 0.1) is 6.10 Å². The Morgan fingerprint density at radius 3 is 2.86 bits per heavy atom. The van der Waals surface area contributed by atoms with Gasteiger partial charge in [0.25, 0.3) is 0 Å². The largest absolute Gasteiger partial charge is 0.393 e. The van der Waals surface area contributed by atoms with Gasteiger partial charge in [0.15, 0.2) is 0 Å². The van der Waals surface area contributed by atoms with Crippen molar-refractivity contribution in [3.8, 4) is 0 Å². The molecule has 2 aromatic rings. The van der Waals surface area contributed by atoms with E-state index in [0.717, 1.165) is 37.6 Å². The van der Waals surface area contributed by atoms with Crippen molar-refractivity contribution in [3.63, 3.8) is 0 Å². The van der Waals surface area contributed by atoms with Gasteiger partial charge in [-0.1, -0.05) is 11.6 Å². The van der Waals surface area contributed by atoms with Crippen LogP contribution in [0.2, 0.25) is 0 Å². The van der Waals surface area contributed by atoms with Crippen LogP contribution < -0.4 is 5.32 Å². The molecule has 1 fully saturated rings. The second-order valence-corrected chi connectivity index (χ2v) is 6.44. The number of rotatable bonds is 4. The molecular formula is C18H24N2O2. The summed E-state index contributed by atoms with van der Waals surface area (Å²) in [6, 6.07) is 6.58. The molecule has 4 nitrogen and oxygen atoms in total. The molecular weight excluding hydrogens is 276 g/mol. The fourth-order valence-electron chi connectivity index (χ4n) is 3.27. The van der Waals surface area contributed by atoms with Crippen LogP contribution in [0.4, 0.5) is 0 Å². The van der Waals surface area contributed by atoms with Crippen LogP contribution in [-0.4, -0.2) is 28.1 Å². The SMILES string of the molecule is Cc1ccc2[nH]cc(CCC(=O)NC3CCC(O)CC3)c2c1. The number of carbonyl (C=O) groups is 1. The lowest BCUT2D eigenvalue weighted by atomic mass is 9.93. The summed E-state index contributed by atoms with van der Waals surface area (Å²) in [6.45, 7) is 2.08. The van der Waals surface area contributed by atoms with Gasteiger partial charge in [0.2, 0.25) is 5.91 Å². The highest BCUT2D eigenvalue weighted by Gasteiger charge is 2.20. The molecule has 0 aliphatic heterocycles. The smallest absolute Gasteiger partial charge is 0.220 e. The molecule has 1 amide bonds. The molecule has 0 spiro atoms. The number of aromatic amines is 1. The second-order valence-electron chi connectivity index (χ2n) is 6.44. The third-order valence-corrected chi connectivity index (χ3v) is 4.61. The quantitative estimate of drug-likeness (QED) is 0.813. The van der Waals surface area contributed by atoms with Gasteiger partial charge >= 0.3 is 0 Å². The van der Waals surface area contributed by atoms with E-state index in [0.29, 0.717) is 6.42 Å². The molecule has 1 heterocycles. The van der Waals surface area contributed by atoms with Crippen molar-refractivity contribution < 1.29 is 9.90 Å². The summed E-state index contributed by atoms with van der Waals surface area (Å²) in [5.41, 5.74) is 3.56. The molecule has 1 aliphatic carbocycles. The first-order valence-corrected chi connectivity index (χ1v) is 8.16. The van der Waals surface area contributed by atoms with Crippen LogP contribution in [0.1, 0.15) is 43.2 Å². The van der Waals surface area contributed by atoms with Crippen molar-refractivity contribution in [3.05, 3.63) is 35.5 Å². The maximum atomic E-state index is 12.1. The predicted molar refractivity (Wildman–Crippen MR) is 87.8 cm³/mol. The Morgan fingerprint density at radius 2 is 2.09 bits per heavy atom. The number of aromatic nitrogens is 1. The zero-order chi connectivity index (χ0) is 15.5. The Kier molecular flexibility index (Phi) is 4.48. The Bertz CT molecular complexity index is 654. The highest BCUT2D eigenvalue weighted by molar-refractivity contribution is 5.84. The molecule has 118 valence electrons. The Hall–Kier alpha value is -1.81. The fourth-order valence-corrected chi connectivity index (χ4v) is 3.27. The fraction of sp³-hybridized carbons (Fsp3) is 0.500. The van der Waals surface area contributed by atoms with Gasteiger partial charge in [-0.25, -0.2) is 0 Å². The molecule has 22 heavy (non-hydrogen) atoms. The minimum absolute atomic E-state index is 0.114. The molecule has 1 aromatic heterocycles. The number of fused-ring (bicyclic) bond motifs is 1. The third-order valence-electron chi connectivity index (χ3n) is 4.61. The van der Waals surface area contributed by atoms with Gasteiger partial charge in [-0.2, -0.15) is 0 Å². The second kappa shape index (κ2) is 6.53. The number of hydrogen-bond acceptors (Lipinski definition) is 2. The number of aliphatic hydroxyl groups is 1. The van der Waals surface area contributed by atoms with Gasteiger partial charge in [-0.05, 0) is 56.7 Å². The van der Waals surface area contributed by atoms with Gasteiger partial charge in [0.1, 0.15) is 0 Å². The number of H-pyrrole nitrogens is 1. The molecule has 1 saturated carbocycles. The van der Waals surface area contributed by atoms with Crippen LogP contribution >= 0.6 is 0 Å². The lowest BCUT2D eigenvalue weighted by Gasteiger charge is -2.26. The lowest BCUT2D eigenvalue weighted by Crippen LogP contribution is -2.38. The third kappa shape index (κ3) is 3.50. The predicted octanol–water partition coefficient (Wildman–Crippen LogP) is 2.83. The van der Waals surface area contributed by atoms with Crippen molar-refractivity contribution in [1.29, 1.82) is 0 Å². The Balaban J connectivity index is 1.55. The van der Waals surface area contributed by atoms with Crippen molar-refractivity contribution in [1.82, 2.24) is 10.3 Å². The van der Waals surface area contributed by atoms with E-state index in [2.05, 4.69) is 35.4 Å². The average molecular weight is 300 g/mol. The van der Waals surface area contributed by atoms with E-state index in [1.54, 1.807) is 0 Å². The molecule has 3 N–H and O–H groups in total. The number of carbonyl (C=O) groups excluding carboxylic acids is 1. The number of nitrogens with one attached hydrogen (secondary N) is 2. The van der Waals surface area contributed by atoms with Crippen molar-refractivity contribution in [2.45, 2.75) is 57.6 Å². The van der Waals surface area contributed by atoms with Crippen LogP contribution in [0.5, 0.6) is 0 Å². The normalized spacial score (nSPS) is 21.9. The molecule has 3 rings (SSSR count). The van der Waals surface area contributed by atoms with Crippen LogP contribution in [0, 0.1) is 6.92 Å². The number of aliphatic hydroxyl groups excluding tert-OH is 1. The first-order valence-electron chi connectivity index (χ1n) is 8.16. The van der Waals surface area contributed by atoms with Crippen LogP contribution in [0.3, 0.4) is 0 Å². The van der Waals surface area contributed by atoms with E-state index in [1.807, 2.05) is 6.20 Å².